The van der Waals surface area contributed by atoms with Crippen LogP contribution in [0.3, 0.4) is 0 Å². The molecule has 0 aliphatic rings. The number of ether oxygens (including phenoxy) is 2. The molecule has 2 aromatic rings. The Bertz CT molecular complexity index is 630. The fourth-order valence-corrected chi connectivity index (χ4v) is 2.49. The summed E-state index contributed by atoms with van der Waals surface area (Å²) < 4.78 is 11.2. The Balaban J connectivity index is 2.21. The van der Waals surface area contributed by atoms with Crippen LogP contribution in [0.1, 0.15) is 21.5 Å². The van der Waals surface area contributed by atoms with Crippen molar-refractivity contribution in [1.82, 2.24) is 0 Å². The highest BCUT2D eigenvalue weighted by Gasteiger charge is 2.11. The van der Waals surface area contributed by atoms with E-state index in [4.69, 9.17) is 9.47 Å². The maximum atomic E-state index is 12.1. The molecule has 2 rings (SSSR count). The van der Waals surface area contributed by atoms with Gasteiger partial charge in [-0.15, -0.1) is 0 Å². The van der Waals surface area contributed by atoms with Gasteiger partial charge in [-0.25, -0.2) is 4.79 Å². The van der Waals surface area contributed by atoms with Crippen molar-refractivity contribution in [3.8, 4) is 11.5 Å². The number of rotatable bonds is 3. The van der Waals surface area contributed by atoms with Crippen molar-refractivity contribution < 1.29 is 14.3 Å². The van der Waals surface area contributed by atoms with Gasteiger partial charge in [0, 0.05) is 0 Å². The fraction of sp³-hybridized carbons (Fsp3) is 0.188. The van der Waals surface area contributed by atoms with E-state index in [1.165, 1.54) is 0 Å². The fourth-order valence-electron chi connectivity index (χ4n) is 1.95. The number of carbonyl (C=O) groups is 1. The van der Waals surface area contributed by atoms with Crippen molar-refractivity contribution in [2.24, 2.45) is 0 Å². The number of benzene rings is 2. The third-order valence-electron chi connectivity index (χ3n) is 2.79. The zero-order valence-electron chi connectivity index (χ0n) is 11.6. The van der Waals surface area contributed by atoms with Gasteiger partial charge in [-0.2, -0.15) is 0 Å². The van der Waals surface area contributed by atoms with Crippen LogP contribution in [0, 0.1) is 13.8 Å². The molecule has 4 heteroatoms. The normalized spacial score (nSPS) is 10.2. The Morgan fingerprint density at radius 3 is 2.25 bits per heavy atom. The Morgan fingerprint density at radius 1 is 1.05 bits per heavy atom. The lowest BCUT2D eigenvalue weighted by molar-refractivity contribution is 0.0734. The van der Waals surface area contributed by atoms with Gasteiger partial charge in [-0.05, 0) is 71.2 Å². The number of halogens is 1. The molecule has 0 saturated carbocycles. The van der Waals surface area contributed by atoms with E-state index in [1.54, 1.807) is 25.3 Å². The van der Waals surface area contributed by atoms with Gasteiger partial charge in [-0.3, -0.25) is 0 Å². The monoisotopic (exact) mass is 334 g/mol. The molecule has 3 nitrogen and oxygen atoms in total. The van der Waals surface area contributed by atoms with Crippen molar-refractivity contribution in [3.05, 3.63) is 57.6 Å². The van der Waals surface area contributed by atoms with Gasteiger partial charge in [0.2, 0.25) is 0 Å². The number of hydrogen-bond acceptors (Lipinski definition) is 3. The Kier molecular flexibility index (Phi) is 4.45. The molecule has 0 atom stereocenters. The first kappa shape index (κ1) is 14.6. The van der Waals surface area contributed by atoms with Crippen LogP contribution in [-0.4, -0.2) is 13.1 Å². The Hall–Kier alpha value is -1.81. The van der Waals surface area contributed by atoms with Crippen LogP contribution in [0.5, 0.6) is 11.5 Å². The maximum absolute atomic E-state index is 12.1. The number of methoxy groups -OCH3 is 1. The van der Waals surface area contributed by atoms with E-state index < -0.39 is 5.97 Å². The summed E-state index contributed by atoms with van der Waals surface area (Å²) in [7, 11) is 1.58. The third kappa shape index (κ3) is 3.39. The SMILES string of the molecule is COc1ccc(C(=O)Oc2cc(C)cc(C)c2)cc1Br. The van der Waals surface area contributed by atoms with Crippen molar-refractivity contribution in [3.63, 3.8) is 0 Å². The van der Waals surface area contributed by atoms with Gasteiger partial charge in [0.05, 0.1) is 17.1 Å². The lowest BCUT2D eigenvalue weighted by Gasteiger charge is -2.08. The second-order valence-electron chi connectivity index (χ2n) is 4.56. The van der Waals surface area contributed by atoms with Gasteiger partial charge in [0.1, 0.15) is 11.5 Å². The average Bonchev–Trinajstić information content (AvgIpc) is 2.37. The lowest BCUT2D eigenvalue weighted by Crippen LogP contribution is -2.08. The lowest BCUT2D eigenvalue weighted by atomic mass is 10.1. The topological polar surface area (TPSA) is 35.5 Å². The van der Waals surface area contributed by atoms with Crippen LogP contribution in [0.2, 0.25) is 0 Å². The van der Waals surface area contributed by atoms with Gasteiger partial charge >= 0.3 is 5.97 Å². The molecule has 0 radical (unpaired) electrons. The number of carbonyl (C=O) groups excluding carboxylic acids is 1. The van der Waals surface area contributed by atoms with Crippen molar-refractivity contribution in [1.29, 1.82) is 0 Å². The number of aryl methyl sites for hydroxylation is 2. The van der Waals surface area contributed by atoms with Gasteiger partial charge in [-0.1, -0.05) is 6.07 Å². The summed E-state index contributed by atoms with van der Waals surface area (Å²) in [5.74, 6) is 0.839. The molecule has 0 aliphatic heterocycles. The van der Waals surface area contributed by atoms with Crippen molar-refractivity contribution in [2.45, 2.75) is 13.8 Å². The van der Waals surface area contributed by atoms with E-state index in [-0.39, 0.29) is 0 Å². The molecular formula is C16H15BrO3. The third-order valence-corrected chi connectivity index (χ3v) is 3.41. The molecule has 0 N–H and O–H groups in total. The van der Waals surface area contributed by atoms with Gasteiger partial charge < -0.3 is 9.47 Å². The minimum absolute atomic E-state index is 0.390. The molecule has 0 spiro atoms. The predicted octanol–water partition coefficient (Wildman–Crippen LogP) is 4.29. The summed E-state index contributed by atoms with van der Waals surface area (Å²) in [5.41, 5.74) is 2.59. The van der Waals surface area contributed by atoms with Crippen molar-refractivity contribution >= 4 is 21.9 Å². The van der Waals surface area contributed by atoms with E-state index in [2.05, 4.69) is 15.9 Å². The molecule has 0 heterocycles. The highest BCUT2D eigenvalue weighted by molar-refractivity contribution is 9.10. The average molecular weight is 335 g/mol. The smallest absolute Gasteiger partial charge is 0.343 e. The Labute approximate surface area is 126 Å². The van der Waals surface area contributed by atoms with Gasteiger partial charge in [0.25, 0.3) is 0 Å². The first-order valence-electron chi connectivity index (χ1n) is 6.13. The van der Waals surface area contributed by atoms with Crippen LogP contribution in [0.15, 0.2) is 40.9 Å². The van der Waals surface area contributed by atoms with Crippen LogP contribution in [0.25, 0.3) is 0 Å². The van der Waals surface area contributed by atoms with E-state index in [9.17, 15) is 4.79 Å². The molecule has 20 heavy (non-hydrogen) atoms. The van der Waals surface area contributed by atoms with Crippen molar-refractivity contribution in [2.75, 3.05) is 7.11 Å². The van der Waals surface area contributed by atoms with Gasteiger partial charge in [0.15, 0.2) is 0 Å². The molecule has 0 fully saturated rings. The zero-order chi connectivity index (χ0) is 14.7. The summed E-state index contributed by atoms with van der Waals surface area (Å²) in [6.07, 6.45) is 0. The number of hydrogen-bond donors (Lipinski definition) is 0. The number of esters is 1. The maximum Gasteiger partial charge on any atom is 0.343 e. The molecule has 0 unspecified atom stereocenters. The summed E-state index contributed by atoms with van der Waals surface area (Å²) in [6, 6.07) is 10.8. The second kappa shape index (κ2) is 6.09. The second-order valence-corrected chi connectivity index (χ2v) is 5.42. The molecule has 2 aromatic carbocycles. The highest BCUT2D eigenvalue weighted by atomic mass is 79.9. The molecular weight excluding hydrogens is 320 g/mol. The quantitative estimate of drug-likeness (QED) is 0.620. The zero-order valence-corrected chi connectivity index (χ0v) is 13.2. The molecule has 104 valence electrons. The summed E-state index contributed by atoms with van der Waals surface area (Å²) in [4.78, 5) is 12.1. The molecule has 0 aliphatic carbocycles. The highest BCUT2D eigenvalue weighted by Crippen LogP contribution is 2.26. The molecule has 0 aromatic heterocycles. The van der Waals surface area contributed by atoms with Crippen LogP contribution < -0.4 is 9.47 Å². The predicted molar refractivity (Wildman–Crippen MR) is 81.6 cm³/mol. The molecule has 0 saturated heterocycles. The Morgan fingerprint density at radius 2 is 1.70 bits per heavy atom. The molecule has 0 amide bonds. The molecule has 0 bridgehead atoms. The minimum Gasteiger partial charge on any atom is -0.496 e. The largest absolute Gasteiger partial charge is 0.496 e. The standard InChI is InChI=1S/C16H15BrO3/c1-10-6-11(2)8-13(7-10)20-16(18)12-4-5-15(19-3)14(17)9-12/h4-9H,1-3H3. The minimum atomic E-state index is -0.390. The van der Waals surface area contributed by atoms with Crippen LogP contribution in [-0.2, 0) is 0 Å². The summed E-state index contributed by atoms with van der Waals surface area (Å²) in [6.45, 7) is 3.93. The van der Waals surface area contributed by atoms with Crippen LogP contribution in [0.4, 0.5) is 0 Å². The van der Waals surface area contributed by atoms with E-state index in [0.29, 0.717) is 17.1 Å². The van der Waals surface area contributed by atoms with E-state index in [1.807, 2.05) is 32.0 Å². The van der Waals surface area contributed by atoms with E-state index >= 15 is 0 Å². The summed E-state index contributed by atoms with van der Waals surface area (Å²) >= 11 is 3.35. The first-order chi connectivity index (χ1) is 9.49. The summed E-state index contributed by atoms with van der Waals surface area (Å²) in [5, 5.41) is 0. The first-order valence-corrected chi connectivity index (χ1v) is 6.93. The van der Waals surface area contributed by atoms with Crippen LogP contribution >= 0.6 is 15.9 Å². The van der Waals surface area contributed by atoms with E-state index in [0.717, 1.165) is 15.6 Å².